The van der Waals surface area contributed by atoms with Crippen LogP contribution in [-0.4, -0.2) is 9.97 Å². The Morgan fingerprint density at radius 1 is 0.426 bits per heavy atom. The van der Waals surface area contributed by atoms with Crippen LogP contribution in [0.5, 0.6) is 0 Å². The molecule has 10 aromatic rings. The summed E-state index contributed by atoms with van der Waals surface area (Å²) >= 11 is 0. The Hall–Kier alpha value is -6.32. The Morgan fingerprint density at radius 2 is 1.00 bits per heavy atom. The van der Waals surface area contributed by atoms with E-state index >= 15 is 0 Å². The molecule has 10 rings (SSSR count). The predicted molar refractivity (Wildman–Crippen MR) is 196 cm³/mol. The highest BCUT2D eigenvalue weighted by Crippen LogP contribution is 2.49. The van der Waals surface area contributed by atoms with E-state index in [1.807, 2.05) is 24.5 Å². The molecule has 0 unspecified atom stereocenters. The normalized spacial score (nSPS) is 11.8. The van der Waals surface area contributed by atoms with Crippen molar-refractivity contribution >= 4 is 65.0 Å². The molecule has 7 aromatic carbocycles. The van der Waals surface area contributed by atoms with Crippen LogP contribution in [0, 0.1) is 0 Å². The lowest BCUT2D eigenvalue weighted by Gasteiger charge is -2.18. The summed E-state index contributed by atoms with van der Waals surface area (Å²) in [4.78, 5) is 9.42. The average molecular weight is 599 g/mol. The molecule has 0 aliphatic heterocycles. The van der Waals surface area contributed by atoms with Gasteiger partial charge in [-0.3, -0.25) is 4.98 Å². The van der Waals surface area contributed by atoms with E-state index in [0.717, 1.165) is 55.4 Å². The molecule has 0 aliphatic carbocycles. The van der Waals surface area contributed by atoms with E-state index in [1.54, 1.807) is 0 Å². The highest BCUT2D eigenvalue weighted by Gasteiger charge is 2.23. The Kier molecular flexibility index (Phi) is 5.57. The van der Waals surface area contributed by atoms with Crippen LogP contribution in [-0.2, 0) is 0 Å². The van der Waals surface area contributed by atoms with Crippen molar-refractivity contribution in [1.29, 1.82) is 0 Å². The van der Waals surface area contributed by atoms with Crippen LogP contribution in [0.3, 0.4) is 0 Å². The second-order valence-electron chi connectivity index (χ2n) is 12.1. The first-order chi connectivity index (χ1) is 23.3. The van der Waals surface area contributed by atoms with Crippen LogP contribution >= 0.6 is 0 Å². The van der Waals surface area contributed by atoms with Gasteiger partial charge < -0.3 is 4.42 Å². The number of fused-ring (bicyclic) bond motifs is 9. The molecule has 3 heteroatoms. The second-order valence-corrected chi connectivity index (χ2v) is 12.1. The number of hydrogen-bond acceptors (Lipinski definition) is 3. The molecular weight excluding hydrogens is 572 g/mol. The van der Waals surface area contributed by atoms with Gasteiger partial charge in [0.2, 0.25) is 0 Å². The number of benzene rings is 7. The van der Waals surface area contributed by atoms with E-state index < -0.39 is 0 Å². The monoisotopic (exact) mass is 598 g/mol. The molecule has 0 radical (unpaired) electrons. The molecule has 0 saturated heterocycles. The smallest absolute Gasteiger partial charge is 0.143 e. The maximum atomic E-state index is 6.91. The van der Waals surface area contributed by atoms with Crippen molar-refractivity contribution in [3.63, 3.8) is 0 Å². The topological polar surface area (TPSA) is 38.9 Å². The van der Waals surface area contributed by atoms with Gasteiger partial charge in [0.15, 0.2) is 0 Å². The fourth-order valence-electron chi connectivity index (χ4n) is 7.52. The maximum Gasteiger partial charge on any atom is 0.143 e. The summed E-state index contributed by atoms with van der Waals surface area (Å²) in [6, 6.07) is 51.6. The molecule has 47 heavy (non-hydrogen) atoms. The highest BCUT2D eigenvalue weighted by molar-refractivity contribution is 6.31. The van der Waals surface area contributed by atoms with Crippen LogP contribution in [0.2, 0.25) is 0 Å². The average Bonchev–Trinajstić information content (AvgIpc) is 3.55. The van der Waals surface area contributed by atoms with Gasteiger partial charge >= 0.3 is 0 Å². The first-order valence-electron chi connectivity index (χ1n) is 15.9. The van der Waals surface area contributed by atoms with Crippen molar-refractivity contribution in [3.05, 3.63) is 158 Å². The van der Waals surface area contributed by atoms with Gasteiger partial charge in [0.1, 0.15) is 11.2 Å². The zero-order valence-corrected chi connectivity index (χ0v) is 25.3. The van der Waals surface area contributed by atoms with Gasteiger partial charge in [0.05, 0.1) is 11.4 Å². The van der Waals surface area contributed by atoms with Crippen LogP contribution in [0.15, 0.2) is 162 Å². The van der Waals surface area contributed by atoms with Crippen molar-refractivity contribution in [3.8, 4) is 33.6 Å². The molecule has 0 saturated carbocycles. The Balaban J connectivity index is 1.36. The molecule has 0 amide bonds. The number of hydrogen-bond donors (Lipinski definition) is 0. The summed E-state index contributed by atoms with van der Waals surface area (Å²) in [5.74, 6) is 0. The van der Waals surface area contributed by atoms with Crippen LogP contribution in [0.25, 0.3) is 98.7 Å². The van der Waals surface area contributed by atoms with E-state index in [9.17, 15) is 0 Å². The summed E-state index contributed by atoms with van der Waals surface area (Å²) in [6.45, 7) is 0. The SMILES string of the molecule is c1cc(-c2ccncc2)nc(-c2c3ccccc3c(-c3cc4ccccc4c4c3oc3ccc5ccccc5c34)c3ccccc23)c1. The summed E-state index contributed by atoms with van der Waals surface area (Å²) < 4.78 is 6.91. The lowest BCUT2D eigenvalue weighted by atomic mass is 9.85. The first kappa shape index (κ1) is 26.0. The van der Waals surface area contributed by atoms with E-state index in [0.29, 0.717) is 0 Å². The molecule has 0 fully saturated rings. The van der Waals surface area contributed by atoms with Crippen LogP contribution in [0.4, 0.5) is 0 Å². The Labute approximate surface area is 270 Å². The van der Waals surface area contributed by atoms with E-state index in [2.05, 4.69) is 138 Å². The minimum Gasteiger partial charge on any atom is -0.455 e. The third-order valence-corrected chi connectivity index (χ3v) is 9.54. The van der Waals surface area contributed by atoms with Crippen molar-refractivity contribution < 1.29 is 4.42 Å². The lowest BCUT2D eigenvalue weighted by molar-refractivity contribution is 0.670. The Bertz CT molecular complexity index is 2790. The largest absolute Gasteiger partial charge is 0.455 e. The van der Waals surface area contributed by atoms with Gasteiger partial charge in [0.25, 0.3) is 0 Å². The number of aromatic nitrogens is 2. The number of nitrogens with zero attached hydrogens (tertiary/aromatic N) is 2. The summed E-state index contributed by atoms with van der Waals surface area (Å²) in [6.07, 6.45) is 3.63. The van der Waals surface area contributed by atoms with Gasteiger partial charge in [-0.1, -0.05) is 109 Å². The van der Waals surface area contributed by atoms with Gasteiger partial charge in [-0.05, 0) is 79.5 Å². The van der Waals surface area contributed by atoms with E-state index in [4.69, 9.17) is 9.40 Å². The molecule has 0 aliphatic rings. The quantitative estimate of drug-likeness (QED) is 0.190. The zero-order valence-electron chi connectivity index (χ0n) is 25.3. The molecule has 0 bridgehead atoms. The second kappa shape index (κ2) is 10.1. The fraction of sp³-hybridized carbons (Fsp3) is 0. The van der Waals surface area contributed by atoms with Crippen molar-refractivity contribution in [2.75, 3.05) is 0 Å². The standard InChI is InChI=1S/C44H26N2O/c1-3-12-30-27(10-1)20-21-39-42(30)43-31-13-4-2-11-29(31)26-36(44(43)47-39)40-32-14-5-7-16-34(32)41(35-17-8-6-15-33(35)40)38-19-9-18-37(46-38)28-22-24-45-25-23-28/h1-26H. The van der Waals surface area contributed by atoms with Crippen LogP contribution < -0.4 is 0 Å². The molecule has 218 valence electrons. The summed E-state index contributed by atoms with van der Waals surface area (Å²) in [5.41, 5.74) is 8.12. The number of rotatable bonds is 3. The molecule has 0 N–H and O–H groups in total. The predicted octanol–water partition coefficient (Wildman–Crippen LogP) is 12.0. The molecule has 3 aromatic heterocycles. The fourth-order valence-corrected chi connectivity index (χ4v) is 7.52. The molecule has 0 atom stereocenters. The highest BCUT2D eigenvalue weighted by atomic mass is 16.3. The first-order valence-corrected chi connectivity index (χ1v) is 15.9. The maximum absolute atomic E-state index is 6.91. The third-order valence-electron chi connectivity index (χ3n) is 9.54. The minimum absolute atomic E-state index is 0.902. The molecule has 3 nitrogen and oxygen atoms in total. The van der Waals surface area contributed by atoms with Crippen LogP contribution in [0.1, 0.15) is 0 Å². The molecule has 0 spiro atoms. The number of pyridine rings is 2. The number of furan rings is 1. The van der Waals surface area contributed by atoms with Gasteiger partial charge in [-0.2, -0.15) is 0 Å². The summed E-state index contributed by atoms with van der Waals surface area (Å²) in [5, 5.41) is 11.8. The lowest BCUT2D eigenvalue weighted by Crippen LogP contribution is -1.94. The van der Waals surface area contributed by atoms with E-state index in [1.165, 1.54) is 43.3 Å². The van der Waals surface area contributed by atoms with Gasteiger partial charge in [-0.25, -0.2) is 4.98 Å². The van der Waals surface area contributed by atoms with Crippen molar-refractivity contribution in [1.82, 2.24) is 9.97 Å². The zero-order chi connectivity index (χ0) is 30.9. The van der Waals surface area contributed by atoms with Gasteiger partial charge in [-0.15, -0.1) is 0 Å². The molecular formula is C44H26N2O. The summed E-state index contributed by atoms with van der Waals surface area (Å²) in [7, 11) is 0. The minimum atomic E-state index is 0.902. The molecule has 3 heterocycles. The van der Waals surface area contributed by atoms with Crippen molar-refractivity contribution in [2.24, 2.45) is 0 Å². The van der Waals surface area contributed by atoms with Crippen molar-refractivity contribution in [2.45, 2.75) is 0 Å². The van der Waals surface area contributed by atoms with Gasteiger partial charge in [0, 0.05) is 45.4 Å². The Morgan fingerprint density at radius 3 is 1.70 bits per heavy atom. The van der Waals surface area contributed by atoms with E-state index in [-0.39, 0.29) is 0 Å². The third kappa shape index (κ3) is 3.87.